The second-order valence-electron chi connectivity index (χ2n) is 5.19. The van der Waals surface area contributed by atoms with Crippen LogP contribution in [0.2, 0.25) is 0 Å². The Labute approximate surface area is 103 Å². The van der Waals surface area contributed by atoms with Crippen molar-refractivity contribution in [3.05, 3.63) is 29.3 Å². The highest BCUT2D eigenvalue weighted by Gasteiger charge is 2.33. The smallest absolute Gasteiger partial charge is 0.227 e. The molecule has 0 radical (unpaired) electrons. The van der Waals surface area contributed by atoms with Crippen molar-refractivity contribution in [2.24, 2.45) is 0 Å². The summed E-state index contributed by atoms with van der Waals surface area (Å²) < 4.78 is 0. The van der Waals surface area contributed by atoms with Gasteiger partial charge in [0.2, 0.25) is 5.91 Å². The van der Waals surface area contributed by atoms with E-state index in [2.05, 4.69) is 25.1 Å². The standard InChI is InChI=1S/C15H19NO/c1-2-9-16-13-8-4-6-11-5-3-7-12(15(11)13)10-14(16)17/h4,6,8,12H,2-3,5,7,9-10H2,1H3. The number of aryl methyl sites for hydroxylation is 1. The van der Waals surface area contributed by atoms with Crippen LogP contribution >= 0.6 is 0 Å². The molecule has 2 aliphatic rings. The molecule has 2 nitrogen and oxygen atoms in total. The molecule has 1 aliphatic heterocycles. The van der Waals surface area contributed by atoms with Gasteiger partial charge in [-0.25, -0.2) is 0 Å². The third kappa shape index (κ3) is 1.67. The normalized spacial score (nSPS) is 22.5. The Morgan fingerprint density at radius 3 is 3.12 bits per heavy atom. The Morgan fingerprint density at radius 2 is 2.29 bits per heavy atom. The molecule has 0 aromatic heterocycles. The largest absolute Gasteiger partial charge is 0.312 e. The molecule has 1 aromatic carbocycles. The van der Waals surface area contributed by atoms with Gasteiger partial charge in [-0.05, 0) is 48.8 Å². The van der Waals surface area contributed by atoms with E-state index >= 15 is 0 Å². The summed E-state index contributed by atoms with van der Waals surface area (Å²) in [6.07, 6.45) is 5.37. The average molecular weight is 229 g/mol. The second kappa shape index (κ2) is 4.17. The number of hydrogen-bond donors (Lipinski definition) is 0. The second-order valence-corrected chi connectivity index (χ2v) is 5.19. The van der Waals surface area contributed by atoms with Crippen LogP contribution in [0.1, 0.15) is 49.7 Å². The molecule has 0 bridgehead atoms. The summed E-state index contributed by atoms with van der Waals surface area (Å²) in [5.74, 6) is 0.818. The zero-order chi connectivity index (χ0) is 11.8. The maximum Gasteiger partial charge on any atom is 0.227 e. The van der Waals surface area contributed by atoms with Crippen LogP contribution in [0.4, 0.5) is 5.69 Å². The topological polar surface area (TPSA) is 20.3 Å². The first-order chi connectivity index (χ1) is 8.31. The lowest BCUT2D eigenvalue weighted by Crippen LogP contribution is -2.38. The van der Waals surface area contributed by atoms with Gasteiger partial charge >= 0.3 is 0 Å². The molecule has 0 N–H and O–H groups in total. The Hall–Kier alpha value is -1.31. The molecule has 1 aliphatic carbocycles. The minimum atomic E-state index is 0.323. The Balaban J connectivity index is 2.11. The molecule has 90 valence electrons. The molecule has 1 heterocycles. The Kier molecular flexibility index (Phi) is 2.65. The van der Waals surface area contributed by atoms with E-state index in [1.54, 1.807) is 0 Å². The van der Waals surface area contributed by atoms with E-state index in [0.717, 1.165) is 19.4 Å². The zero-order valence-corrected chi connectivity index (χ0v) is 10.4. The molecule has 1 unspecified atom stereocenters. The molecule has 0 saturated carbocycles. The van der Waals surface area contributed by atoms with E-state index in [-0.39, 0.29) is 0 Å². The van der Waals surface area contributed by atoms with Crippen LogP contribution in [0, 0.1) is 0 Å². The van der Waals surface area contributed by atoms with Crippen LogP contribution in [-0.4, -0.2) is 12.5 Å². The van der Waals surface area contributed by atoms with E-state index in [9.17, 15) is 4.79 Å². The third-order valence-electron chi connectivity index (χ3n) is 4.04. The zero-order valence-electron chi connectivity index (χ0n) is 10.4. The van der Waals surface area contributed by atoms with E-state index in [1.165, 1.54) is 36.1 Å². The fourth-order valence-electron chi connectivity index (χ4n) is 3.34. The van der Waals surface area contributed by atoms with Crippen molar-refractivity contribution in [3.63, 3.8) is 0 Å². The molecule has 2 heteroatoms. The molecule has 0 saturated heterocycles. The lowest BCUT2D eigenvalue weighted by Gasteiger charge is -2.37. The van der Waals surface area contributed by atoms with Crippen LogP contribution in [-0.2, 0) is 11.2 Å². The van der Waals surface area contributed by atoms with Crippen LogP contribution in [0.3, 0.4) is 0 Å². The summed E-state index contributed by atoms with van der Waals surface area (Å²) in [6, 6.07) is 6.48. The predicted molar refractivity (Wildman–Crippen MR) is 69.4 cm³/mol. The highest BCUT2D eigenvalue weighted by molar-refractivity contribution is 5.97. The molecule has 3 rings (SSSR count). The fraction of sp³-hybridized carbons (Fsp3) is 0.533. The van der Waals surface area contributed by atoms with E-state index < -0.39 is 0 Å². The number of anilines is 1. The van der Waals surface area contributed by atoms with Gasteiger partial charge in [0.15, 0.2) is 0 Å². The van der Waals surface area contributed by atoms with Gasteiger partial charge in [-0.3, -0.25) is 4.79 Å². The molecule has 1 amide bonds. The predicted octanol–water partition coefficient (Wildman–Crippen LogP) is 3.25. The van der Waals surface area contributed by atoms with Crippen LogP contribution in [0.15, 0.2) is 18.2 Å². The van der Waals surface area contributed by atoms with Crippen molar-refractivity contribution in [1.29, 1.82) is 0 Å². The number of benzene rings is 1. The third-order valence-corrected chi connectivity index (χ3v) is 4.04. The van der Waals surface area contributed by atoms with Gasteiger partial charge in [0.05, 0.1) is 0 Å². The molecule has 1 atom stereocenters. The summed E-state index contributed by atoms with van der Waals surface area (Å²) in [7, 11) is 0. The highest BCUT2D eigenvalue weighted by Crippen LogP contribution is 2.43. The van der Waals surface area contributed by atoms with Gasteiger partial charge in [0.1, 0.15) is 0 Å². The highest BCUT2D eigenvalue weighted by atomic mass is 16.2. The van der Waals surface area contributed by atoms with Crippen LogP contribution in [0.25, 0.3) is 0 Å². The van der Waals surface area contributed by atoms with Gasteiger partial charge in [0.25, 0.3) is 0 Å². The number of hydrogen-bond acceptors (Lipinski definition) is 1. The molecule has 17 heavy (non-hydrogen) atoms. The van der Waals surface area contributed by atoms with E-state index in [4.69, 9.17) is 0 Å². The molecule has 0 fully saturated rings. The summed E-state index contributed by atoms with van der Waals surface area (Å²) in [5.41, 5.74) is 4.16. The van der Waals surface area contributed by atoms with Crippen molar-refractivity contribution >= 4 is 11.6 Å². The number of nitrogens with zero attached hydrogens (tertiary/aromatic N) is 1. The number of amides is 1. The SMILES string of the molecule is CCCN1C(=O)CC2CCCc3cccc1c32. The van der Waals surface area contributed by atoms with Gasteiger partial charge in [-0.2, -0.15) is 0 Å². The molecular formula is C15H19NO. The molecule has 0 spiro atoms. The summed E-state index contributed by atoms with van der Waals surface area (Å²) in [4.78, 5) is 14.2. The Bertz CT molecular complexity index is 452. The maximum absolute atomic E-state index is 12.2. The summed E-state index contributed by atoms with van der Waals surface area (Å²) >= 11 is 0. The van der Waals surface area contributed by atoms with Gasteiger partial charge in [0, 0.05) is 18.7 Å². The van der Waals surface area contributed by atoms with Crippen molar-refractivity contribution in [1.82, 2.24) is 0 Å². The molecule has 1 aromatic rings. The van der Waals surface area contributed by atoms with Crippen LogP contribution in [0.5, 0.6) is 0 Å². The van der Waals surface area contributed by atoms with Gasteiger partial charge in [-0.15, -0.1) is 0 Å². The van der Waals surface area contributed by atoms with Gasteiger partial charge < -0.3 is 4.90 Å². The average Bonchev–Trinajstić information content (AvgIpc) is 2.34. The van der Waals surface area contributed by atoms with Crippen LogP contribution < -0.4 is 4.90 Å². The van der Waals surface area contributed by atoms with Crippen molar-refractivity contribution in [2.75, 3.05) is 11.4 Å². The number of rotatable bonds is 2. The van der Waals surface area contributed by atoms with E-state index in [1.807, 2.05) is 4.90 Å². The maximum atomic E-state index is 12.2. The lowest BCUT2D eigenvalue weighted by molar-refractivity contribution is -0.119. The minimum Gasteiger partial charge on any atom is -0.312 e. The summed E-state index contributed by atoms with van der Waals surface area (Å²) in [6.45, 7) is 3.00. The lowest BCUT2D eigenvalue weighted by atomic mass is 9.77. The number of carbonyl (C=O) groups excluding carboxylic acids is 1. The molecular weight excluding hydrogens is 210 g/mol. The first-order valence-corrected chi connectivity index (χ1v) is 6.73. The fourth-order valence-corrected chi connectivity index (χ4v) is 3.34. The van der Waals surface area contributed by atoms with Gasteiger partial charge in [-0.1, -0.05) is 19.1 Å². The van der Waals surface area contributed by atoms with Crippen molar-refractivity contribution in [2.45, 2.75) is 44.9 Å². The Morgan fingerprint density at radius 1 is 1.41 bits per heavy atom. The monoisotopic (exact) mass is 229 g/mol. The minimum absolute atomic E-state index is 0.323. The van der Waals surface area contributed by atoms with E-state index in [0.29, 0.717) is 11.8 Å². The first-order valence-electron chi connectivity index (χ1n) is 6.73. The number of carbonyl (C=O) groups is 1. The quantitative estimate of drug-likeness (QED) is 0.762. The first kappa shape index (κ1) is 10.8. The summed E-state index contributed by atoms with van der Waals surface area (Å²) in [5, 5.41) is 0. The van der Waals surface area contributed by atoms with Crippen molar-refractivity contribution < 1.29 is 4.79 Å². The van der Waals surface area contributed by atoms with Crippen molar-refractivity contribution in [3.8, 4) is 0 Å².